The molecule has 1 N–H and O–H groups in total. The van der Waals surface area contributed by atoms with E-state index in [4.69, 9.17) is 5.11 Å². The first-order chi connectivity index (χ1) is 4.09. The average molecular weight is 238 g/mol. The Morgan fingerprint density at radius 3 is 2.00 bits per heavy atom. The van der Waals surface area contributed by atoms with Crippen LogP contribution in [0.4, 0.5) is 0 Å². The van der Waals surface area contributed by atoms with Gasteiger partial charge in [0.1, 0.15) is 5.57 Å². The minimum atomic E-state index is -1.36. The molecule has 1 radical (unpaired) electrons. The fourth-order valence-corrected chi connectivity index (χ4v) is 0.211. The van der Waals surface area contributed by atoms with Gasteiger partial charge in [-0.3, -0.25) is 0 Å². The second-order valence-electron chi connectivity index (χ2n) is 1.28. The van der Waals surface area contributed by atoms with Crippen LogP contribution in [0.2, 0.25) is 0 Å². The molecule has 0 spiro atoms. The number of hydrogen-bond donors (Lipinski definition) is 1. The summed E-state index contributed by atoms with van der Waals surface area (Å²) in [5.74, 6) is -2.27. The second kappa shape index (κ2) is 5.22. The van der Waals surface area contributed by atoms with Crippen LogP contribution in [0, 0.1) is 0 Å². The van der Waals surface area contributed by atoms with E-state index in [1.807, 2.05) is 0 Å². The van der Waals surface area contributed by atoms with Crippen molar-refractivity contribution in [1.82, 2.24) is 0 Å². The Balaban J connectivity index is 0. The summed E-state index contributed by atoms with van der Waals surface area (Å²) in [5, 5.41) is 8.08. The van der Waals surface area contributed by atoms with Gasteiger partial charge in [-0.2, -0.15) is 0 Å². The third-order valence-corrected chi connectivity index (χ3v) is 0.690. The van der Waals surface area contributed by atoms with E-state index in [9.17, 15) is 9.59 Å². The van der Waals surface area contributed by atoms with E-state index >= 15 is 0 Å². The molecule has 4 nitrogen and oxygen atoms in total. The molecule has 0 bridgehead atoms. The molecule has 0 fully saturated rings. The number of hydrogen-bond acceptors (Lipinski definition) is 3. The SMILES string of the molecule is C=C(C(=O)O)C(=O)OC.[Ag]. The molecule has 0 aromatic rings. The molecule has 0 atom stereocenters. The van der Waals surface area contributed by atoms with E-state index in [-0.39, 0.29) is 22.4 Å². The topological polar surface area (TPSA) is 63.6 Å². The van der Waals surface area contributed by atoms with Crippen molar-refractivity contribution in [2.75, 3.05) is 7.11 Å². The summed E-state index contributed by atoms with van der Waals surface area (Å²) in [7, 11) is 1.09. The fraction of sp³-hybridized carbons (Fsp3) is 0.200. The van der Waals surface area contributed by atoms with Crippen LogP contribution < -0.4 is 0 Å². The number of aliphatic carboxylic acids is 1. The molecule has 0 heterocycles. The van der Waals surface area contributed by atoms with E-state index in [2.05, 4.69) is 11.3 Å². The van der Waals surface area contributed by atoms with Crippen molar-refractivity contribution < 1.29 is 41.8 Å². The number of ether oxygens (including phenoxy) is 1. The minimum Gasteiger partial charge on any atom is -0.477 e. The standard InChI is InChI=1S/C5H6O4.Ag/c1-3(4(6)7)5(8)9-2;/h1H2,2H3,(H,6,7);. The van der Waals surface area contributed by atoms with Crippen LogP contribution in [0.5, 0.6) is 0 Å². The summed E-state index contributed by atoms with van der Waals surface area (Å²) in [4.78, 5) is 20.1. The van der Waals surface area contributed by atoms with E-state index in [0.29, 0.717) is 0 Å². The van der Waals surface area contributed by atoms with Crippen molar-refractivity contribution in [3.8, 4) is 0 Å². The van der Waals surface area contributed by atoms with Gasteiger partial charge in [-0.15, -0.1) is 0 Å². The van der Waals surface area contributed by atoms with Gasteiger partial charge in [0.15, 0.2) is 0 Å². The number of esters is 1. The van der Waals surface area contributed by atoms with Crippen molar-refractivity contribution in [3.63, 3.8) is 0 Å². The molecule has 0 rings (SSSR count). The van der Waals surface area contributed by atoms with Crippen molar-refractivity contribution in [2.45, 2.75) is 0 Å². The molecule has 0 aliphatic carbocycles. The maximum absolute atomic E-state index is 10.3. The third kappa shape index (κ3) is 3.45. The van der Waals surface area contributed by atoms with Gasteiger partial charge in [0.25, 0.3) is 0 Å². The molecular formula is C5H6AgO4. The largest absolute Gasteiger partial charge is 0.477 e. The van der Waals surface area contributed by atoms with Gasteiger partial charge in [0.2, 0.25) is 0 Å². The van der Waals surface area contributed by atoms with Gasteiger partial charge in [-0.1, -0.05) is 6.58 Å². The van der Waals surface area contributed by atoms with Crippen molar-refractivity contribution >= 4 is 11.9 Å². The zero-order valence-corrected chi connectivity index (χ0v) is 6.66. The van der Waals surface area contributed by atoms with E-state index in [1.165, 1.54) is 0 Å². The van der Waals surface area contributed by atoms with Gasteiger partial charge in [-0.25, -0.2) is 9.59 Å². The first-order valence-corrected chi connectivity index (χ1v) is 2.10. The van der Waals surface area contributed by atoms with Crippen molar-refractivity contribution in [1.29, 1.82) is 0 Å². The molecule has 0 saturated heterocycles. The molecule has 0 saturated carbocycles. The van der Waals surface area contributed by atoms with Crippen LogP contribution in [0.1, 0.15) is 0 Å². The Morgan fingerprint density at radius 1 is 1.50 bits per heavy atom. The van der Waals surface area contributed by atoms with Gasteiger partial charge >= 0.3 is 11.9 Å². The Hall–Kier alpha value is -0.580. The van der Waals surface area contributed by atoms with Gasteiger partial charge in [0.05, 0.1) is 7.11 Å². The van der Waals surface area contributed by atoms with Crippen molar-refractivity contribution in [3.05, 3.63) is 12.2 Å². The molecule has 61 valence electrons. The predicted octanol–water partition coefficient (Wildman–Crippen LogP) is -0.202. The second-order valence-corrected chi connectivity index (χ2v) is 1.28. The smallest absolute Gasteiger partial charge is 0.344 e. The summed E-state index contributed by atoms with van der Waals surface area (Å²) in [6.07, 6.45) is 0. The first-order valence-electron chi connectivity index (χ1n) is 2.10. The summed E-state index contributed by atoms with van der Waals surface area (Å²) in [5.41, 5.74) is -0.558. The van der Waals surface area contributed by atoms with Crippen LogP contribution in [0.15, 0.2) is 12.2 Å². The number of carbonyl (C=O) groups excluding carboxylic acids is 1. The van der Waals surface area contributed by atoms with Crippen molar-refractivity contribution in [2.24, 2.45) is 0 Å². The maximum atomic E-state index is 10.3. The number of rotatable bonds is 2. The number of carboxylic acid groups (broad SMARTS) is 1. The zero-order chi connectivity index (χ0) is 7.44. The summed E-state index contributed by atoms with van der Waals surface area (Å²) in [6, 6.07) is 0. The summed E-state index contributed by atoms with van der Waals surface area (Å²) < 4.78 is 4.05. The molecular weight excluding hydrogens is 232 g/mol. The third-order valence-electron chi connectivity index (χ3n) is 0.690. The van der Waals surface area contributed by atoms with E-state index in [1.54, 1.807) is 0 Å². The van der Waals surface area contributed by atoms with E-state index in [0.717, 1.165) is 7.11 Å². The molecule has 0 aliphatic rings. The number of carboxylic acids is 1. The van der Waals surface area contributed by atoms with E-state index < -0.39 is 17.5 Å². The van der Waals surface area contributed by atoms with Crippen LogP contribution in [-0.4, -0.2) is 24.2 Å². The quantitative estimate of drug-likeness (QED) is 0.238. The molecule has 0 aromatic heterocycles. The molecule has 0 amide bonds. The Morgan fingerprint density at radius 2 is 1.90 bits per heavy atom. The number of carbonyl (C=O) groups is 2. The van der Waals surface area contributed by atoms with Crippen LogP contribution in [0.25, 0.3) is 0 Å². The molecule has 0 unspecified atom stereocenters. The Bertz CT molecular complexity index is 163. The average Bonchev–Trinajstić information content (AvgIpc) is 1.84. The Kier molecular flexibility index (Phi) is 6.34. The van der Waals surface area contributed by atoms with Gasteiger partial charge in [-0.05, 0) is 0 Å². The summed E-state index contributed by atoms with van der Waals surface area (Å²) in [6.45, 7) is 2.95. The summed E-state index contributed by atoms with van der Waals surface area (Å²) >= 11 is 0. The maximum Gasteiger partial charge on any atom is 0.344 e. The molecule has 0 aliphatic heterocycles. The van der Waals surface area contributed by atoms with Gasteiger partial charge < -0.3 is 9.84 Å². The monoisotopic (exact) mass is 237 g/mol. The molecule has 10 heavy (non-hydrogen) atoms. The Labute approximate surface area is 73.4 Å². The van der Waals surface area contributed by atoms with Crippen LogP contribution >= 0.6 is 0 Å². The first kappa shape index (κ1) is 12.1. The normalized spacial score (nSPS) is 7.30. The molecule has 0 aromatic carbocycles. The zero-order valence-electron chi connectivity index (χ0n) is 5.18. The fourth-order valence-electron chi connectivity index (χ4n) is 0.211. The minimum absolute atomic E-state index is 0. The van der Waals surface area contributed by atoms with Crippen LogP contribution in [-0.2, 0) is 36.7 Å². The predicted molar refractivity (Wildman–Crippen MR) is 28.8 cm³/mol. The molecule has 5 heteroatoms. The van der Waals surface area contributed by atoms with Crippen LogP contribution in [0.3, 0.4) is 0 Å². The van der Waals surface area contributed by atoms with Gasteiger partial charge in [0, 0.05) is 22.4 Å². The number of methoxy groups -OCH3 is 1.